The van der Waals surface area contributed by atoms with Crippen LogP contribution in [-0.2, 0) is 14.4 Å². The Labute approximate surface area is 226 Å². The molecule has 10 nitrogen and oxygen atoms in total. The molecule has 2 aliphatic heterocycles. The van der Waals surface area contributed by atoms with Crippen LogP contribution in [-0.4, -0.2) is 108 Å². The van der Waals surface area contributed by atoms with Crippen molar-refractivity contribution in [3.63, 3.8) is 0 Å². The summed E-state index contributed by atoms with van der Waals surface area (Å²) < 4.78 is 31.7. The Balaban J connectivity index is 0.000000673. The number of piperazine rings is 1. The molecule has 1 aromatic rings. The quantitative estimate of drug-likeness (QED) is 0.449. The molecule has 0 bridgehead atoms. The Morgan fingerprint density at radius 2 is 1.67 bits per heavy atom. The van der Waals surface area contributed by atoms with E-state index in [0.717, 1.165) is 39.3 Å². The number of alkyl halides is 3. The van der Waals surface area contributed by atoms with E-state index in [9.17, 15) is 27.6 Å². The molecule has 2 saturated heterocycles. The summed E-state index contributed by atoms with van der Waals surface area (Å²) in [6.07, 6.45) is -1.09. The van der Waals surface area contributed by atoms with Gasteiger partial charge in [-0.2, -0.15) is 13.2 Å². The van der Waals surface area contributed by atoms with E-state index in [1.807, 2.05) is 9.80 Å². The van der Waals surface area contributed by atoms with Gasteiger partial charge in [0.05, 0.1) is 0 Å². The van der Waals surface area contributed by atoms with Gasteiger partial charge in [-0.05, 0) is 50.6 Å². The molecule has 2 fully saturated rings. The first-order valence-corrected chi connectivity index (χ1v) is 13.1. The van der Waals surface area contributed by atoms with Gasteiger partial charge in [-0.1, -0.05) is 6.42 Å². The van der Waals surface area contributed by atoms with Crippen LogP contribution in [0.3, 0.4) is 0 Å². The first kappa shape index (κ1) is 32.0. The third-order valence-electron chi connectivity index (χ3n) is 6.64. The van der Waals surface area contributed by atoms with Gasteiger partial charge in [0.2, 0.25) is 11.8 Å². The smallest absolute Gasteiger partial charge is 0.475 e. The predicted molar refractivity (Wildman–Crippen MR) is 139 cm³/mol. The molecule has 1 atom stereocenters. The number of piperidine rings is 1. The second kappa shape index (κ2) is 15.4. The highest BCUT2D eigenvalue weighted by Crippen LogP contribution is 2.17. The van der Waals surface area contributed by atoms with Gasteiger partial charge in [0.15, 0.2) is 0 Å². The molecule has 1 unspecified atom stereocenters. The van der Waals surface area contributed by atoms with Crippen LogP contribution >= 0.6 is 0 Å². The highest BCUT2D eigenvalue weighted by molar-refractivity contribution is 5.95. The Kier molecular flexibility index (Phi) is 12.7. The number of carbonyl (C=O) groups is 4. The van der Waals surface area contributed by atoms with Crippen molar-refractivity contribution in [2.75, 3.05) is 57.7 Å². The minimum absolute atomic E-state index is 0.0721. The number of nitrogens with zero attached hydrogens (tertiary/aromatic N) is 3. The molecule has 3 amide bonds. The van der Waals surface area contributed by atoms with Crippen LogP contribution in [0.25, 0.3) is 0 Å². The highest BCUT2D eigenvalue weighted by atomic mass is 19.4. The maximum absolute atomic E-state index is 13.3. The van der Waals surface area contributed by atoms with Crippen molar-refractivity contribution in [2.45, 2.75) is 51.7 Å². The van der Waals surface area contributed by atoms with Crippen LogP contribution < -0.4 is 10.6 Å². The molecule has 2 aliphatic rings. The molecule has 0 spiro atoms. The summed E-state index contributed by atoms with van der Waals surface area (Å²) in [6.45, 7) is 9.70. The summed E-state index contributed by atoms with van der Waals surface area (Å²) in [5.74, 6) is -2.87. The SMILES string of the molecule is CC(=O)Nc1ccc(C(=O)N(CCC(=O)N2CCNCC2)CCN2CCCCC2C)cc1.O=C(O)C(F)(F)F. The zero-order valence-electron chi connectivity index (χ0n) is 22.4. The van der Waals surface area contributed by atoms with E-state index in [0.29, 0.717) is 36.8 Å². The van der Waals surface area contributed by atoms with Gasteiger partial charge in [-0.3, -0.25) is 19.3 Å². The number of rotatable bonds is 8. The van der Waals surface area contributed by atoms with Crippen LogP contribution in [0.2, 0.25) is 0 Å². The number of halogens is 3. The largest absolute Gasteiger partial charge is 0.490 e. The average molecular weight is 558 g/mol. The summed E-state index contributed by atoms with van der Waals surface area (Å²) >= 11 is 0. The number of amides is 3. The minimum atomic E-state index is -5.08. The molecule has 0 radical (unpaired) electrons. The summed E-state index contributed by atoms with van der Waals surface area (Å²) in [5.41, 5.74) is 1.23. The molecular weight excluding hydrogens is 519 g/mol. The maximum Gasteiger partial charge on any atom is 0.490 e. The lowest BCUT2D eigenvalue weighted by molar-refractivity contribution is -0.192. The molecule has 2 heterocycles. The summed E-state index contributed by atoms with van der Waals surface area (Å²) in [6, 6.07) is 7.49. The molecule has 3 rings (SSSR count). The minimum Gasteiger partial charge on any atom is -0.475 e. The van der Waals surface area contributed by atoms with Crippen molar-refractivity contribution in [3.8, 4) is 0 Å². The number of carbonyl (C=O) groups excluding carboxylic acids is 3. The molecule has 0 aliphatic carbocycles. The molecule has 0 saturated carbocycles. The first-order valence-electron chi connectivity index (χ1n) is 13.1. The van der Waals surface area contributed by atoms with Gasteiger partial charge < -0.3 is 25.5 Å². The summed E-state index contributed by atoms with van der Waals surface area (Å²) in [5, 5.41) is 13.1. The lowest BCUT2D eigenvalue weighted by atomic mass is 10.0. The first-order chi connectivity index (χ1) is 18.4. The van der Waals surface area contributed by atoms with E-state index in [1.54, 1.807) is 24.3 Å². The van der Waals surface area contributed by atoms with Crippen molar-refractivity contribution in [2.24, 2.45) is 0 Å². The highest BCUT2D eigenvalue weighted by Gasteiger charge is 2.38. The standard InChI is InChI=1S/C24H37N5O3.C2HF3O2/c1-19-5-3-4-13-27(19)17-18-29(14-10-23(31)28-15-11-25-12-16-28)24(32)21-6-8-22(9-7-21)26-20(2)30;3-2(4,5)1(6)7/h6-9,19,25H,3-5,10-18H2,1-2H3,(H,26,30);(H,6,7). The van der Waals surface area contributed by atoms with E-state index < -0.39 is 12.1 Å². The number of nitrogens with one attached hydrogen (secondary N) is 2. The Morgan fingerprint density at radius 3 is 2.21 bits per heavy atom. The van der Waals surface area contributed by atoms with Crippen LogP contribution in [0.1, 0.15) is 49.9 Å². The fourth-order valence-corrected chi connectivity index (χ4v) is 4.44. The van der Waals surface area contributed by atoms with Gasteiger partial charge in [-0.25, -0.2) is 4.79 Å². The monoisotopic (exact) mass is 557 g/mol. The van der Waals surface area contributed by atoms with E-state index in [4.69, 9.17) is 9.90 Å². The lowest BCUT2D eigenvalue weighted by Crippen LogP contribution is -2.48. The van der Waals surface area contributed by atoms with Crippen molar-refractivity contribution >= 4 is 29.4 Å². The number of aliphatic carboxylic acids is 1. The second-order valence-electron chi connectivity index (χ2n) is 9.62. The zero-order valence-corrected chi connectivity index (χ0v) is 22.4. The molecular formula is C26H38F3N5O5. The van der Waals surface area contributed by atoms with Gasteiger partial charge in [0, 0.05) is 76.5 Å². The number of carboxylic acids is 1. The van der Waals surface area contributed by atoms with E-state index in [1.165, 1.54) is 26.2 Å². The van der Waals surface area contributed by atoms with Crippen molar-refractivity contribution in [1.82, 2.24) is 20.0 Å². The molecule has 39 heavy (non-hydrogen) atoms. The van der Waals surface area contributed by atoms with E-state index in [2.05, 4.69) is 22.5 Å². The summed E-state index contributed by atoms with van der Waals surface area (Å²) in [4.78, 5) is 52.3. The number of hydrogen-bond donors (Lipinski definition) is 3. The fraction of sp³-hybridized carbons (Fsp3) is 0.615. The maximum atomic E-state index is 13.3. The van der Waals surface area contributed by atoms with Crippen LogP contribution in [0, 0.1) is 0 Å². The number of benzene rings is 1. The summed E-state index contributed by atoms with van der Waals surface area (Å²) in [7, 11) is 0. The molecule has 13 heteroatoms. The molecule has 218 valence electrons. The molecule has 1 aromatic carbocycles. The second-order valence-corrected chi connectivity index (χ2v) is 9.62. The Bertz CT molecular complexity index is 968. The molecule has 0 aromatic heterocycles. The third-order valence-corrected chi connectivity index (χ3v) is 6.64. The van der Waals surface area contributed by atoms with Crippen LogP contribution in [0.5, 0.6) is 0 Å². The molecule has 3 N–H and O–H groups in total. The van der Waals surface area contributed by atoms with Gasteiger partial charge in [-0.15, -0.1) is 0 Å². The number of anilines is 1. The topological polar surface area (TPSA) is 122 Å². The third kappa shape index (κ3) is 11.2. The van der Waals surface area contributed by atoms with E-state index in [-0.39, 0.29) is 17.7 Å². The lowest BCUT2D eigenvalue weighted by Gasteiger charge is -2.35. The van der Waals surface area contributed by atoms with Gasteiger partial charge in [0.1, 0.15) is 0 Å². The van der Waals surface area contributed by atoms with Crippen molar-refractivity contribution in [1.29, 1.82) is 0 Å². The van der Waals surface area contributed by atoms with Gasteiger partial charge in [0.25, 0.3) is 5.91 Å². The fourth-order valence-electron chi connectivity index (χ4n) is 4.44. The number of carboxylic acid groups (broad SMARTS) is 1. The van der Waals surface area contributed by atoms with Crippen molar-refractivity contribution in [3.05, 3.63) is 29.8 Å². The normalized spacial score (nSPS) is 18.0. The Morgan fingerprint density at radius 1 is 1.05 bits per heavy atom. The Hall–Kier alpha value is -3.19. The zero-order chi connectivity index (χ0) is 29.0. The number of hydrogen-bond acceptors (Lipinski definition) is 6. The van der Waals surface area contributed by atoms with Crippen LogP contribution in [0.15, 0.2) is 24.3 Å². The van der Waals surface area contributed by atoms with Gasteiger partial charge >= 0.3 is 12.1 Å². The van der Waals surface area contributed by atoms with Crippen molar-refractivity contribution < 1.29 is 37.5 Å². The average Bonchev–Trinajstić information content (AvgIpc) is 2.89. The number of likely N-dealkylation sites (tertiary alicyclic amines) is 1. The predicted octanol–water partition coefficient (Wildman–Crippen LogP) is 2.42. The van der Waals surface area contributed by atoms with E-state index >= 15 is 0 Å². The van der Waals surface area contributed by atoms with Crippen LogP contribution in [0.4, 0.5) is 18.9 Å².